The Kier molecular flexibility index (Phi) is 6.24. The molecule has 0 amide bonds. The van der Waals surface area contributed by atoms with Gasteiger partial charge < -0.3 is 9.52 Å². The molecular weight excluding hydrogens is 550 g/mol. The van der Waals surface area contributed by atoms with Crippen molar-refractivity contribution < 1.29 is 35.5 Å². The summed E-state index contributed by atoms with van der Waals surface area (Å²) >= 11 is 0. The second kappa shape index (κ2) is 9.43. The maximum absolute atomic E-state index is 13.6. The van der Waals surface area contributed by atoms with E-state index in [-0.39, 0.29) is 42.4 Å². The molecule has 0 spiro atoms. The van der Waals surface area contributed by atoms with Gasteiger partial charge in [0, 0.05) is 18.5 Å². The van der Waals surface area contributed by atoms with Gasteiger partial charge in [-0.3, -0.25) is 0 Å². The molecule has 6 rings (SSSR count). The largest absolute Gasteiger partial charge is 0.467 e. The fourth-order valence-electron chi connectivity index (χ4n) is 5.60. The summed E-state index contributed by atoms with van der Waals surface area (Å²) in [6.45, 7) is -0.0763. The Morgan fingerprint density at radius 2 is 1.77 bits per heavy atom. The Labute approximate surface area is 227 Å². The number of hydrogen-bond acceptors (Lipinski definition) is 5. The van der Waals surface area contributed by atoms with E-state index in [1.807, 2.05) is 6.08 Å². The molecule has 12 heteroatoms. The van der Waals surface area contributed by atoms with E-state index >= 15 is 0 Å². The highest BCUT2D eigenvalue weighted by Crippen LogP contribution is 2.52. The Hall–Kier alpha value is -3.74. The molecule has 2 atom stereocenters. The first-order chi connectivity index (χ1) is 19.0. The fourth-order valence-corrected chi connectivity index (χ4v) is 7.11. The molecule has 0 radical (unpaired) electrons. The Morgan fingerprint density at radius 1 is 1.05 bits per heavy atom. The zero-order valence-corrected chi connectivity index (χ0v) is 21.7. The van der Waals surface area contributed by atoms with Crippen molar-refractivity contribution in [1.82, 2.24) is 14.1 Å². The minimum Gasteiger partial charge on any atom is -0.467 e. The Morgan fingerprint density at radius 3 is 2.42 bits per heavy atom. The van der Waals surface area contributed by atoms with E-state index in [4.69, 9.17) is 4.42 Å². The summed E-state index contributed by atoms with van der Waals surface area (Å²) in [4.78, 5) is -0.267. The van der Waals surface area contributed by atoms with Gasteiger partial charge in [-0.25, -0.2) is 17.5 Å². The molecule has 1 aliphatic heterocycles. The topological polar surface area (TPSA) is 88.6 Å². The third kappa shape index (κ3) is 4.36. The van der Waals surface area contributed by atoms with Crippen molar-refractivity contribution in [3.8, 4) is 5.69 Å². The van der Waals surface area contributed by atoms with Crippen LogP contribution < -0.4 is 0 Å². The molecule has 2 aliphatic rings. The number of furan rings is 1. The molecular formula is C28H23F4N3O4S. The molecule has 1 unspecified atom stereocenters. The monoisotopic (exact) mass is 573 g/mol. The van der Waals surface area contributed by atoms with Crippen LogP contribution >= 0.6 is 0 Å². The van der Waals surface area contributed by atoms with Gasteiger partial charge in [-0.05, 0) is 85.1 Å². The van der Waals surface area contributed by atoms with Crippen molar-refractivity contribution in [1.29, 1.82) is 0 Å². The molecule has 7 nitrogen and oxygen atoms in total. The molecule has 4 aromatic rings. The number of aliphatic hydroxyl groups is 1. The van der Waals surface area contributed by atoms with Crippen molar-refractivity contribution in [2.24, 2.45) is 5.41 Å². The van der Waals surface area contributed by atoms with Crippen LogP contribution in [-0.4, -0.2) is 40.7 Å². The molecule has 1 aliphatic carbocycles. The summed E-state index contributed by atoms with van der Waals surface area (Å²) in [5.74, 6) is -0.126. The predicted molar refractivity (Wildman–Crippen MR) is 136 cm³/mol. The van der Waals surface area contributed by atoms with Crippen LogP contribution in [0, 0.1) is 11.2 Å². The van der Waals surface area contributed by atoms with Crippen molar-refractivity contribution in [3.05, 3.63) is 107 Å². The van der Waals surface area contributed by atoms with Crippen LogP contribution in [0.1, 0.15) is 35.1 Å². The van der Waals surface area contributed by atoms with E-state index in [0.717, 1.165) is 41.1 Å². The molecule has 40 heavy (non-hydrogen) atoms. The number of fused-ring (bicyclic) bond motifs is 2. The molecule has 2 aromatic carbocycles. The van der Waals surface area contributed by atoms with Crippen LogP contribution in [0.2, 0.25) is 0 Å². The van der Waals surface area contributed by atoms with Gasteiger partial charge in [-0.1, -0.05) is 5.57 Å². The SMILES string of the molecule is O=S(=O)(c1ccc(C(F)(F)F)cc1)N1CCC2=Cc3c(cnn3-c3ccc(F)cc3)CC2([C@H](O)c2ccco2)C1. The lowest BCUT2D eigenvalue weighted by atomic mass is 9.65. The van der Waals surface area contributed by atoms with Crippen LogP contribution in [0.25, 0.3) is 11.8 Å². The van der Waals surface area contributed by atoms with E-state index in [1.54, 1.807) is 35.1 Å². The van der Waals surface area contributed by atoms with E-state index in [0.29, 0.717) is 5.69 Å². The third-order valence-corrected chi connectivity index (χ3v) is 9.52. The molecule has 0 bridgehead atoms. The van der Waals surface area contributed by atoms with Gasteiger partial charge in [0.15, 0.2) is 0 Å². The van der Waals surface area contributed by atoms with Crippen molar-refractivity contribution in [2.75, 3.05) is 13.1 Å². The number of aromatic nitrogens is 2. The minimum atomic E-state index is -4.59. The minimum absolute atomic E-state index is 0.0574. The zero-order chi connectivity index (χ0) is 28.3. The molecule has 3 heterocycles. The second-order valence-electron chi connectivity index (χ2n) is 9.97. The maximum Gasteiger partial charge on any atom is 0.416 e. The first kappa shape index (κ1) is 26.5. The summed E-state index contributed by atoms with van der Waals surface area (Å²) < 4.78 is 88.3. The molecule has 1 saturated heterocycles. The van der Waals surface area contributed by atoms with Gasteiger partial charge in [0.1, 0.15) is 17.7 Å². The van der Waals surface area contributed by atoms with Crippen molar-refractivity contribution in [2.45, 2.75) is 30.0 Å². The van der Waals surface area contributed by atoms with Gasteiger partial charge in [-0.15, -0.1) is 0 Å². The van der Waals surface area contributed by atoms with Crippen LogP contribution in [-0.2, 0) is 22.6 Å². The number of rotatable bonds is 5. The second-order valence-corrected chi connectivity index (χ2v) is 11.9. The fraction of sp³-hybridized carbons (Fsp3) is 0.250. The number of alkyl halides is 3. The van der Waals surface area contributed by atoms with Crippen LogP contribution in [0.4, 0.5) is 17.6 Å². The number of piperidine rings is 1. The van der Waals surface area contributed by atoms with Gasteiger partial charge in [0.25, 0.3) is 0 Å². The van der Waals surface area contributed by atoms with E-state index in [2.05, 4.69) is 5.10 Å². The average Bonchev–Trinajstić information content (AvgIpc) is 3.61. The van der Waals surface area contributed by atoms with Gasteiger partial charge in [0.2, 0.25) is 10.0 Å². The highest BCUT2D eigenvalue weighted by atomic mass is 32.2. The van der Waals surface area contributed by atoms with Gasteiger partial charge >= 0.3 is 6.18 Å². The molecule has 2 aromatic heterocycles. The molecule has 1 fully saturated rings. The number of sulfonamides is 1. The quantitative estimate of drug-likeness (QED) is 0.324. The first-order valence-corrected chi connectivity index (χ1v) is 13.9. The number of nitrogens with zero attached hydrogens (tertiary/aromatic N) is 3. The van der Waals surface area contributed by atoms with Crippen molar-refractivity contribution >= 4 is 16.1 Å². The number of benzene rings is 2. The van der Waals surface area contributed by atoms with Gasteiger partial charge in [0.05, 0.1) is 34.3 Å². The lowest BCUT2D eigenvalue weighted by Gasteiger charge is -2.48. The van der Waals surface area contributed by atoms with E-state index in [9.17, 15) is 31.1 Å². The normalized spacial score (nSPS) is 20.5. The highest BCUT2D eigenvalue weighted by molar-refractivity contribution is 7.89. The lowest BCUT2D eigenvalue weighted by molar-refractivity contribution is -0.137. The summed E-state index contributed by atoms with van der Waals surface area (Å²) in [7, 11) is -4.19. The van der Waals surface area contributed by atoms with Crippen LogP contribution in [0.15, 0.2) is 88.0 Å². The number of halogens is 4. The third-order valence-electron chi connectivity index (χ3n) is 7.66. The Balaban J connectivity index is 1.40. The van der Waals surface area contributed by atoms with Crippen LogP contribution in [0.3, 0.4) is 0 Å². The maximum atomic E-state index is 13.6. The predicted octanol–water partition coefficient (Wildman–Crippen LogP) is 5.38. The zero-order valence-electron chi connectivity index (χ0n) is 20.8. The molecule has 208 valence electrons. The standard InChI is InChI=1S/C28H23F4N3O4S/c29-21-5-7-22(8-6-21)35-24-14-20-11-12-34(40(37,38)23-9-3-19(4-10-23)28(30,31)32)17-27(20,15-18(24)16-33-35)26(36)25-2-1-13-39-25/h1-10,13-14,16,26,36H,11-12,15,17H2/t26-,27?/m1/s1. The van der Waals surface area contributed by atoms with Crippen LogP contribution in [0.5, 0.6) is 0 Å². The van der Waals surface area contributed by atoms with Crippen molar-refractivity contribution in [3.63, 3.8) is 0 Å². The Bertz CT molecular complexity index is 1680. The summed E-state index contributed by atoms with van der Waals surface area (Å²) in [5.41, 5.74) is 0.833. The molecule has 0 saturated carbocycles. The number of hydrogen-bond donors (Lipinski definition) is 1. The molecule has 1 N–H and O–H groups in total. The summed E-state index contributed by atoms with van der Waals surface area (Å²) in [6.07, 6.45) is -0.416. The first-order valence-electron chi connectivity index (χ1n) is 12.4. The average molecular weight is 574 g/mol. The lowest BCUT2D eigenvalue weighted by Crippen LogP contribution is -2.52. The highest BCUT2D eigenvalue weighted by Gasteiger charge is 2.51. The smallest absolute Gasteiger partial charge is 0.416 e. The van der Waals surface area contributed by atoms with Gasteiger partial charge in [-0.2, -0.15) is 22.6 Å². The van der Waals surface area contributed by atoms with E-state index in [1.165, 1.54) is 22.7 Å². The summed E-state index contributed by atoms with van der Waals surface area (Å²) in [6, 6.07) is 12.5. The number of aliphatic hydroxyl groups excluding tert-OH is 1. The van der Waals surface area contributed by atoms with E-state index < -0.39 is 33.3 Å². The summed E-state index contributed by atoms with van der Waals surface area (Å²) in [5, 5.41) is 16.1.